The summed E-state index contributed by atoms with van der Waals surface area (Å²) in [6, 6.07) is 104. The third-order valence-electron chi connectivity index (χ3n) is 11.0. The zero-order valence-corrected chi connectivity index (χ0v) is 45.6. The molecule has 0 aliphatic heterocycles. The Bertz CT molecular complexity index is 2730. The van der Waals surface area contributed by atoms with Crippen LogP contribution in [0.25, 0.3) is 24.3 Å². The first-order valence-corrected chi connectivity index (χ1v) is 27.2. The molecule has 0 N–H and O–H groups in total. The molecule has 0 radical (unpaired) electrons. The summed E-state index contributed by atoms with van der Waals surface area (Å²) < 4.78 is 0. The largest absolute Gasteiger partial charge is 0.290 e. The Hall–Kier alpha value is -7.95. The monoisotopic (exact) mass is 1190 g/mol. The second-order valence-electron chi connectivity index (χ2n) is 16.5. The molecule has 0 aliphatic rings. The number of carbonyl (C=O) groups is 2. The van der Waals surface area contributed by atoms with Crippen molar-refractivity contribution in [3.8, 4) is 0 Å². The molecule has 0 fully saturated rings. The number of allylic oxidation sites excluding steroid dienone is 4. The molecule has 2 nitrogen and oxygen atoms in total. The van der Waals surface area contributed by atoms with E-state index < -0.39 is 15.8 Å². The smallest absolute Gasteiger partial charge is 0.178 e. The van der Waals surface area contributed by atoms with Crippen molar-refractivity contribution in [2.45, 2.75) is 0 Å². The molecule has 75 heavy (non-hydrogen) atoms. The van der Waals surface area contributed by atoms with Crippen molar-refractivity contribution in [1.29, 1.82) is 0 Å². The van der Waals surface area contributed by atoms with Gasteiger partial charge in [0, 0.05) is 21.1 Å². The molecule has 10 aromatic rings. The van der Waals surface area contributed by atoms with Crippen LogP contribution in [0.3, 0.4) is 0 Å². The van der Waals surface area contributed by atoms with E-state index in [1.54, 1.807) is 24.3 Å². The van der Waals surface area contributed by atoms with Gasteiger partial charge in [-0.2, -0.15) is 0 Å². The molecule has 0 bridgehead atoms. The van der Waals surface area contributed by atoms with Gasteiger partial charge in [-0.1, -0.05) is 328 Å². The van der Waals surface area contributed by atoms with Crippen LogP contribution in [0.15, 0.2) is 328 Å². The fourth-order valence-electron chi connectivity index (χ4n) is 7.44. The van der Waals surface area contributed by atoms with Gasteiger partial charge in [0.2, 0.25) is 0 Å². The molecule has 0 saturated heterocycles. The Balaban J connectivity index is 0.000000162. The van der Waals surface area contributed by atoms with Gasteiger partial charge in [0.1, 0.15) is 0 Å². The molecule has 5 heteroatoms. The Morgan fingerprint density at radius 2 is 0.347 bits per heavy atom. The summed E-state index contributed by atoms with van der Waals surface area (Å²) in [6.45, 7) is 0. The van der Waals surface area contributed by atoms with Crippen LogP contribution in [0, 0.1) is 0 Å². The van der Waals surface area contributed by atoms with Crippen molar-refractivity contribution in [2.24, 2.45) is 0 Å². The van der Waals surface area contributed by atoms with E-state index in [9.17, 15) is 9.59 Å². The molecule has 0 atom stereocenters. The molecule has 0 aromatic heterocycles. The fraction of sp³-hybridized carbons (Fsp3) is 0. The molecule has 0 unspecified atom stereocenters. The maximum Gasteiger partial charge on any atom is 0.178 e. The van der Waals surface area contributed by atoms with E-state index >= 15 is 0 Å². The van der Waals surface area contributed by atoms with Crippen LogP contribution in [-0.2, 0) is 30.7 Å². The van der Waals surface area contributed by atoms with Crippen LogP contribution in [0.5, 0.6) is 0 Å². The average Bonchev–Trinajstić information content (AvgIpc) is 3.48. The van der Waals surface area contributed by atoms with E-state index in [0.29, 0.717) is 0 Å². The van der Waals surface area contributed by atoms with Gasteiger partial charge < -0.3 is 0 Å². The van der Waals surface area contributed by atoms with Crippen molar-refractivity contribution in [3.05, 3.63) is 350 Å². The van der Waals surface area contributed by atoms with Gasteiger partial charge in [-0.25, -0.2) is 0 Å². The van der Waals surface area contributed by atoms with E-state index in [-0.39, 0.29) is 32.6 Å². The van der Waals surface area contributed by atoms with Crippen LogP contribution < -0.4 is 31.8 Å². The molecule has 370 valence electrons. The maximum absolute atomic E-state index is 11.6. The van der Waals surface area contributed by atoms with E-state index in [4.69, 9.17) is 0 Å². The summed E-state index contributed by atoms with van der Waals surface area (Å²) in [5.41, 5.74) is 4.11. The SMILES string of the molecule is O=C(C=Cc1ccccc1)C=Cc1ccccc1.O=C(C=Cc1ccccc1)C=Cc1ccccc1.[Pt].c1ccc(P(c2ccccc2)c2ccccc2)cc1.c1ccc(P(c2ccccc2)c2ccccc2)cc1. The third kappa shape index (κ3) is 20.1. The molecule has 0 spiro atoms. The minimum atomic E-state index is -0.446. The summed E-state index contributed by atoms with van der Waals surface area (Å²) in [4.78, 5) is 23.2. The van der Waals surface area contributed by atoms with Gasteiger partial charge in [-0.15, -0.1) is 0 Å². The molecule has 10 rings (SSSR count). The number of carbonyl (C=O) groups excluding carboxylic acids is 2. The molecule has 0 aliphatic carbocycles. The van der Waals surface area contributed by atoms with Crippen molar-refractivity contribution in [3.63, 3.8) is 0 Å². The average molecular weight is 1190 g/mol. The van der Waals surface area contributed by atoms with Crippen molar-refractivity contribution in [2.75, 3.05) is 0 Å². The predicted octanol–water partition coefficient (Wildman–Crippen LogP) is 14.9. The Labute approximate surface area is 461 Å². The molecular weight excluding hydrogens is 1130 g/mol. The summed E-state index contributed by atoms with van der Waals surface area (Å²) in [7, 11) is -0.892. The Kier molecular flexibility index (Phi) is 24.8. The van der Waals surface area contributed by atoms with Crippen molar-refractivity contribution >= 4 is 83.5 Å². The molecule has 10 aromatic carbocycles. The minimum absolute atomic E-state index is 0. The normalized spacial score (nSPS) is 10.7. The van der Waals surface area contributed by atoms with Crippen LogP contribution in [-0.4, -0.2) is 11.6 Å². The summed E-state index contributed by atoms with van der Waals surface area (Å²) >= 11 is 0. The number of benzene rings is 10. The van der Waals surface area contributed by atoms with Crippen LogP contribution in [0.4, 0.5) is 0 Å². The predicted molar refractivity (Wildman–Crippen MR) is 322 cm³/mol. The van der Waals surface area contributed by atoms with Crippen molar-refractivity contribution < 1.29 is 30.7 Å². The number of rotatable bonds is 14. The first-order chi connectivity index (χ1) is 36.6. The van der Waals surface area contributed by atoms with E-state index in [2.05, 4.69) is 182 Å². The van der Waals surface area contributed by atoms with Crippen LogP contribution in [0.1, 0.15) is 22.3 Å². The van der Waals surface area contributed by atoms with Gasteiger partial charge in [-0.3, -0.25) is 9.59 Å². The topological polar surface area (TPSA) is 34.1 Å². The van der Waals surface area contributed by atoms with E-state index in [1.807, 2.05) is 146 Å². The Morgan fingerprint density at radius 1 is 0.213 bits per heavy atom. The van der Waals surface area contributed by atoms with Gasteiger partial charge in [0.05, 0.1) is 0 Å². The van der Waals surface area contributed by atoms with Gasteiger partial charge in [-0.05, 0) is 94.2 Å². The summed E-state index contributed by atoms with van der Waals surface area (Å²) in [5.74, 6) is -0.0228. The summed E-state index contributed by atoms with van der Waals surface area (Å²) in [6.07, 6.45) is 13.6. The molecule has 0 amide bonds. The number of ketones is 2. The van der Waals surface area contributed by atoms with Crippen LogP contribution in [0.2, 0.25) is 0 Å². The summed E-state index contributed by atoms with van der Waals surface area (Å²) in [5, 5.41) is 8.39. The van der Waals surface area contributed by atoms with E-state index in [0.717, 1.165) is 22.3 Å². The third-order valence-corrected chi connectivity index (χ3v) is 15.9. The quantitative estimate of drug-likeness (QED) is 0.0803. The fourth-order valence-corrected chi connectivity index (χ4v) is 12.0. The second kappa shape index (κ2) is 33.0. The maximum atomic E-state index is 11.6. The van der Waals surface area contributed by atoms with E-state index in [1.165, 1.54) is 31.8 Å². The number of hydrogen-bond donors (Lipinski definition) is 0. The zero-order chi connectivity index (χ0) is 51.1. The number of hydrogen-bond acceptors (Lipinski definition) is 2. The standard InChI is InChI=1S/2C18H15P.2C17H14O.Pt/c2*1-4-10-16(11-5-1)19(17-12-6-2-7-13-17)18-14-8-3-9-15-18;2*18-17(13-11-15-7-3-1-4-8-15)14-12-16-9-5-2-6-10-16;/h2*1-15H;2*1-14H;. The van der Waals surface area contributed by atoms with Crippen LogP contribution >= 0.6 is 15.8 Å². The second-order valence-corrected chi connectivity index (χ2v) is 20.9. The first kappa shape index (κ1) is 56.3. The van der Waals surface area contributed by atoms with Crippen molar-refractivity contribution in [1.82, 2.24) is 0 Å². The minimum Gasteiger partial charge on any atom is -0.290 e. The molecule has 0 heterocycles. The molecule has 0 saturated carbocycles. The first-order valence-electron chi connectivity index (χ1n) is 24.5. The zero-order valence-electron chi connectivity index (χ0n) is 41.5. The van der Waals surface area contributed by atoms with Gasteiger partial charge in [0.25, 0.3) is 0 Å². The van der Waals surface area contributed by atoms with Gasteiger partial charge >= 0.3 is 0 Å². The molecular formula is C70H58O2P2Pt. The van der Waals surface area contributed by atoms with Gasteiger partial charge in [0.15, 0.2) is 11.6 Å². The Morgan fingerprint density at radius 3 is 0.493 bits per heavy atom.